The SMILES string of the molecule is CCCn1cc(O)n(COC(=O)C2CC2(C)C)c1=O. The van der Waals surface area contributed by atoms with Gasteiger partial charge in [-0.25, -0.2) is 9.36 Å². The zero-order valence-electron chi connectivity index (χ0n) is 11.5. The van der Waals surface area contributed by atoms with Crippen LogP contribution in [-0.4, -0.2) is 20.2 Å². The van der Waals surface area contributed by atoms with E-state index in [1.54, 1.807) is 0 Å². The fourth-order valence-corrected chi connectivity index (χ4v) is 2.14. The lowest BCUT2D eigenvalue weighted by atomic mass is 10.1. The maximum Gasteiger partial charge on any atom is 0.333 e. The largest absolute Gasteiger partial charge is 0.493 e. The third kappa shape index (κ3) is 2.67. The van der Waals surface area contributed by atoms with Gasteiger partial charge in [0.1, 0.15) is 0 Å². The normalized spacial score (nSPS) is 20.3. The molecule has 1 saturated carbocycles. The molecule has 0 aliphatic heterocycles. The molecule has 6 nitrogen and oxygen atoms in total. The van der Waals surface area contributed by atoms with E-state index in [9.17, 15) is 14.7 Å². The summed E-state index contributed by atoms with van der Waals surface area (Å²) < 4.78 is 7.56. The Bertz CT molecular complexity index is 541. The third-order valence-electron chi connectivity index (χ3n) is 3.62. The average molecular weight is 268 g/mol. The molecule has 0 amide bonds. The number of aromatic hydroxyl groups is 1. The van der Waals surface area contributed by atoms with Crippen LogP contribution in [0.25, 0.3) is 0 Å². The minimum atomic E-state index is -0.359. The van der Waals surface area contributed by atoms with Crippen LogP contribution in [0, 0.1) is 11.3 Å². The Hall–Kier alpha value is -1.72. The van der Waals surface area contributed by atoms with Gasteiger partial charge in [-0.3, -0.25) is 9.36 Å². The summed E-state index contributed by atoms with van der Waals surface area (Å²) in [4.78, 5) is 23.6. The summed E-state index contributed by atoms with van der Waals surface area (Å²) in [5, 5.41) is 9.66. The molecule has 1 unspecified atom stereocenters. The molecule has 1 N–H and O–H groups in total. The molecule has 0 radical (unpaired) electrons. The fraction of sp³-hybridized carbons (Fsp3) is 0.692. The molecule has 0 aromatic carbocycles. The number of rotatable bonds is 5. The maximum atomic E-state index is 11.9. The van der Waals surface area contributed by atoms with Crippen LogP contribution >= 0.6 is 0 Å². The number of imidazole rings is 1. The lowest BCUT2D eigenvalue weighted by Gasteiger charge is -2.06. The number of esters is 1. The first-order chi connectivity index (χ1) is 8.86. The number of carbonyl (C=O) groups excluding carboxylic acids is 1. The van der Waals surface area contributed by atoms with Crippen molar-refractivity contribution in [2.24, 2.45) is 11.3 Å². The summed E-state index contributed by atoms with van der Waals surface area (Å²) in [6.07, 6.45) is 2.96. The number of hydrogen-bond acceptors (Lipinski definition) is 4. The fourth-order valence-electron chi connectivity index (χ4n) is 2.14. The quantitative estimate of drug-likeness (QED) is 0.817. The maximum absolute atomic E-state index is 11.9. The highest BCUT2D eigenvalue weighted by Gasteiger charge is 2.51. The zero-order valence-corrected chi connectivity index (χ0v) is 11.5. The second kappa shape index (κ2) is 4.75. The molecule has 1 aromatic rings. The summed E-state index contributed by atoms with van der Waals surface area (Å²) >= 11 is 0. The minimum Gasteiger partial charge on any atom is -0.493 e. The molecule has 6 heteroatoms. The number of aromatic nitrogens is 2. The number of aryl methyl sites for hydroxylation is 1. The lowest BCUT2D eigenvalue weighted by Crippen LogP contribution is -2.26. The van der Waals surface area contributed by atoms with Gasteiger partial charge in [-0.1, -0.05) is 20.8 Å². The van der Waals surface area contributed by atoms with Gasteiger partial charge < -0.3 is 9.84 Å². The summed E-state index contributed by atoms with van der Waals surface area (Å²) in [6, 6.07) is 0. The lowest BCUT2D eigenvalue weighted by molar-refractivity contribution is -0.150. The Labute approximate surface area is 111 Å². The van der Waals surface area contributed by atoms with Gasteiger partial charge in [-0.05, 0) is 18.3 Å². The van der Waals surface area contributed by atoms with Gasteiger partial charge in [0, 0.05) is 6.54 Å². The predicted octanol–water partition coefficient (Wildman–Crippen LogP) is 1.31. The van der Waals surface area contributed by atoms with Crippen LogP contribution in [0.15, 0.2) is 11.0 Å². The second-order valence-electron chi connectivity index (χ2n) is 5.73. The highest BCUT2D eigenvalue weighted by atomic mass is 16.5. The summed E-state index contributed by atoms with van der Waals surface area (Å²) in [6.45, 7) is 6.24. The van der Waals surface area contributed by atoms with E-state index in [2.05, 4.69) is 0 Å². The molecule has 19 heavy (non-hydrogen) atoms. The number of hydrogen-bond donors (Lipinski definition) is 1. The molecule has 1 atom stereocenters. The van der Waals surface area contributed by atoms with E-state index < -0.39 is 0 Å². The van der Waals surface area contributed by atoms with Gasteiger partial charge >= 0.3 is 11.7 Å². The monoisotopic (exact) mass is 268 g/mol. The van der Waals surface area contributed by atoms with Crippen LogP contribution < -0.4 is 5.69 Å². The standard InChI is InChI=1S/C13H20N2O4/c1-4-5-14-7-10(16)15(12(14)18)8-19-11(17)9-6-13(9,2)3/h7,9,16H,4-6,8H2,1-3H3. The van der Waals surface area contributed by atoms with Crippen LogP contribution in [0.4, 0.5) is 0 Å². The minimum absolute atomic E-state index is 0.00175. The first-order valence-electron chi connectivity index (χ1n) is 6.52. The molecule has 1 fully saturated rings. The van der Waals surface area contributed by atoms with Crippen LogP contribution in [-0.2, 0) is 22.8 Å². The predicted molar refractivity (Wildman–Crippen MR) is 68.6 cm³/mol. The number of carbonyl (C=O) groups is 1. The molecule has 106 valence electrons. The molecular formula is C13H20N2O4. The van der Waals surface area contributed by atoms with Crippen molar-refractivity contribution in [3.63, 3.8) is 0 Å². The van der Waals surface area contributed by atoms with Crippen LogP contribution in [0.2, 0.25) is 0 Å². The topological polar surface area (TPSA) is 73.5 Å². The van der Waals surface area contributed by atoms with E-state index in [1.807, 2.05) is 20.8 Å². The molecule has 0 saturated heterocycles. The number of ether oxygens (including phenoxy) is 1. The van der Waals surface area contributed by atoms with Crippen LogP contribution in [0.3, 0.4) is 0 Å². The van der Waals surface area contributed by atoms with Gasteiger partial charge in [-0.15, -0.1) is 0 Å². The van der Waals surface area contributed by atoms with Crippen molar-refractivity contribution >= 4 is 5.97 Å². The number of nitrogens with zero attached hydrogens (tertiary/aromatic N) is 2. The van der Waals surface area contributed by atoms with E-state index in [0.717, 1.165) is 17.4 Å². The first-order valence-corrected chi connectivity index (χ1v) is 6.52. The molecule has 1 heterocycles. The molecule has 0 bridgehead atoms. The average Bonchev–Trinajstić information content (AvgIpc) is 2.89. The van der Waals surface area contributed by atoms with Gasteiger partial charge in [0.25, 0.3) is 0 Å². The molecule has 0 spiro atoms. The van der Waals surface area contributed by atoms with Gasteiger partial charge in [0.05, 0.1) is 12.1 Å². The van der Waals surface area contributed by atoms with Crippen LogP contribution in [0.1, 0.15) is 33.6 Å². The molecule has 1 aliphatic carbocycles. The van der Waals surface area contributed by atoms with E-state index >= 15 is 0 Å². The Morgan fingerprint density at radius 3 is 2.74 bits per heavy atom. The Kier molecular flexibility index (Phi) is 3.43. The van der Waals surface area contributed by atoms with Crippen LogP contribution in [0.5, 0.6) is 5.88 Å². The van der Waals surface area contributed by atoms with E-state index in [-0.39, 0.29) is 35.6 Å². The summed E-state index contributed by atoms with van der Waals surface area (Å²) in [5.74, 6) is -0.580. The Balaban J connectivity index is 2.00. The molecule has 1 aromatic heterocycles. The van der Waals surface area contributed by atoms with Gasteiger partial charge in [-0.2, -0.15) is 0 Å². The Morgan fingerprint density at radius 1 is 1.58 bits per heavy atom. The smallest absolute Gasteiger partial charge is 0.333 e. The molecule has 2 rings (SSSR count). The van der Waals surface area contributed by atoms with Crippen molar-refractivity contribution in [3.8, 4) is 5.88 Å². The van der Waals surface area contributed by atoms with Crippen molar-refractivity contribution in [3.05, 3.63) is 16.7 Å². The van der Waals surface area contributed by atoms with Crippen molar-refractivity contribution in [2.75, 3.05) is 0 Å². The Morgan fingerprint density at radius 2 is 2.21 bits per heavy atom. The summed E-state index contributed by atoms with van der Waals surface area (Å²) in [7, 11) is 0. The second-order valence-corrected chi connectivity index (χ2v) is 5.73. The van der Waals surface area contributed by atoms with Gasteiger partial charge in [0.15, 0.2) is 6.73 Å². The molecule has 1 aliphatic rings. The van der Waals surface area contributed by atoms with Crippen molar-refractivity contribution in [2.45, 2.75) is 46.9 Å². The zero-order chi connectivity index (χ0) is 14.2. The van der Waals surface area contributed by atoms with E-state index in [4.69, 9.17) is 4.74 Å². The van der Waals surface area contributed by atoms with E-state index in [0.29, 0.717) is 6.54 Å². The highest BCUT2D eigenvalue weighted by molar-refractivity contribution is 5.76. The molecular weight excluding hydrogens is 248 g/mol. The van der Waals surface area contributed by atoms with Gasteiger partial charge in [0.2, 0.25) is 5.88 Å². The van der Waals surface area contributed by atoms with Crippen molar-refractivity contribution < 1.29 is 14.6 Å². The first kappa shape index (κ1) is 13.7. The van der Waals surface area contributed by atoms with Crippen molar-refractivity contribution in [1.82, 2.24) is 9.13 Å². The highest BCUT2D eigenvalue weighted by Crippen LogP contribution is 2.52. The van der Waals surface area contributed by atoms with Crippen molar-refractivity contribution in [1.29, 1.82) is 0 Å². The third-order valence-corrected chi connectivity index (χ3v) is 3.62. The van der Waals surface area contributed by atoms with E-state index in [1.165, 1.54) is 10.8 Å². The summed E-state index contributed by atoms with van der Waals surface area (Å²) in [5.41, 5.74) is -0.361.